The van der Waals surface area contributed by atoms with Crippen LogP contribution in [0.15, 0.2) is 30.4 Å². The number of fused-ring (bicyclic) bond motifs is 5. The lowest BCUT2D eigenvalue weighted by atomic mass is 9.49. The Bertz CT molecular complexity index is 1210. The van der Waals surface area contributed by atoms with Crippen molar-refractivity contribution >= 4 is 11.8 Å². The van der Waals surface area contributed by atoms with Gasteiger partial charge < -0.3 is 18.9 Å². The molecule has 7 rings (SSSR count). The number of carbonyl (C=O) groups excluding carboxylic acids is 2. The van der Waals surface area contributed by atoms with Crippen LogP contribution in [0.1, 0.15) is 88.8 Å². The van der Waals surface area contributed by atoms with E-state index >= 15 is 0 Å². The molecule has 0 unspecified atom stereocenters. The maximum atomic E-state index is 13.2. The number of rotatable bonds is 3. The first-order valence-electron chi connectivity index (χ1n) is 13.6. The van der Waals surface area contributed by atoms with E-state index in [1.54, 1.807) is 6.08 Å². The summed E-state index contributed by atoms with van der Waals surface area (Å²) in [6.07, 6.45) is 7.83. The van der Waals surface area contributed by atoms with Gasteiger partial charge in [0.1, 0.15) is 11.2 Å². The zero-order valence-corrected chi connectivity index (χ0v) is 21.8. The number of ether oxygens (including phenoxy) is 4. The molecule has 36 heavy (non-hydrogen) atoms. The van der Waals surface area contributed by atoms with Crippen LogP contribution in [0.5, 0.6) is 0 Å². The van der Waals surface area contributed by atoms with Crippen molar-refractivity contribution in [1.82, 2.24) is 0 Å². The van der Waals surface area contributed by atoms with Gasteiger partial charge in [0.25, 0.3) is 0 Å². The van der Waals surface area contributed by atoms with Crippen LogP contribution in [-0.2, 0) is 35.0 Å². The van der Waals surface area contributed by atoms with Gasteiger partial charge in [-0.25, -0.2) is 0 Å². The quantitative estimate of drug-likeness (QED) is 0.448. The number of benzene rings is 1. The number of aryl methyl sites for hydroxylation is 1. The lowest BCUT2D eigenvalue weighted by molar-refractivity contribution is -0.215. The van der Waals surface area contributed by atoms with E-state index in [9.17, 15) is 9.59 Å². The van der Waals surface area contributed by atoms with Crippen LogP contribution in [0.2, 0.25) is 0 Å². The molecule has 1 aromatic carbocycles. The van der Waals surface area contributed by atoms with Gasteiger partial charge in [-0.3, -0.25) is 9.59 Å². The van der Waals surface area contributed by atoms with Gasteiger partial charge in [0.15, 0.2) is 11.4 Å². The van der Waals surface area contributed by atoms with Gasteiger partial charge in [0.2, 0.25) is 6.29 Å². The van der Waals surface area contributed by atoms with E-state index in [4.69, 9.17) is 18.9 Å². The standard InChI is InChI=1S/C30H36O6/c1-16(23-15-27(3)29(5,36-27)26(34-23)33-17(2)31)18-8-10-20-19(13-18)9-11-22-21(20)14-25-30(35-25)12-6-7-24(32)28(22,30)4/h6-8,10,13,16,21-23,25-26H,9,11-12,14-15H2,1-5H3/t16-,21-,22-,23+,25-,26-,27-,28-,29+,30-/m0/s1. The Morgan fingerprint density at radius 1 is 1.22 bits per heavy atom. The average Bonchev–Trinajstić information content (AvgIpc) is 3.69. The molecule has 3 aliphatic carbocycles. The molecule has 0 radical (unpaired) electrons. The lowest BCUT2D eigenvalue weighted by Gasteiger charge is -2.51. The molecular formula is C30H36O6. The van der Waals surface area contributed by atoms with Crippen molar-refractivity contribution in [1.29, 1.82) is 0 Å². The molecular weight excluding hydrogens is 456 g/mol. The zero-order valence-electron chi connectivity index (χ0n) is 21.8. The van der Waals surface area contributed by atoms with E-state index in [1.165, 1.54) is 23.6 Å². The minimum atomic E-state index is -0.691. The summed E-state index contributed by atoms with van der Waals surface area (Å²) in [5.74, 6) is 0.704. The molecule has 0 bridgehead atoms. The van der Waals surface area contributed by atoms with Crippen molar-refractivity contribution in [2.75, 3.05) is 0 Å². The summed E-state index contributed by atoms with van der Waals surface area (Å²) >= 11 is 0. The van der Waals surface area contributed by atoms with Crippen LogP contribution in [0, 0.1) is 11.3 Å². The third-order valence-electron chi connectivity index (χ3n) is 11.0. The number of ketones is 1. The molecule has 3 aliphatic heterocycles. The SMILES string of the molecule is CC(=O)O[C@H]1O[C@@H]([C@@H](C)c2ccc3c(c2)CC[C@H]2[C@H]3C[C@@H]3O[C@@]34CC=CC(=O)[C@]24C)C[C@]2(C)O[C@]12C. The van der Waals surface area contributed by atoms with E-state index in [-0.39, 0.29) is 41.1 Å². The molecule has 0 aromatic heterocycles. The molecule has 3 saturated heterocycles. The third kappa shape index (κ3) is 2.79. The first-order valence-corrected chi connectivity index (χ1v) is 13.6. The maximum Gasteiger partial charge on any atom is 0.305 e. The summed E-state index contributed by atoms with van der Waals surface area (Å²) in [7, 11) is 0. The zero-order chi connectivity index (χ0) is 25.3. The first kappa shape index (κ1) is 23.1. The molecule has 10 atom stereocenters. The van der Waals surface area contributed by atoms with Crippen LogP contribution in [0.3, 0.4) is 0 Å². The highest BCUT2D eigenvalue weighted by atomic mass is 16.8. The lowest BCUT2D eigenvalue weighted by Crippen LogP contribution is -2.56. The van der Waals surface area contributed by atoms with Crippen LogP contribution in [-0.4, -0.2) is 47.1 Å². The molecule has 6 nitrogen and oxygen atoms in total. The fraction of sp³-hybridized carbons (Fsp3) is 0.667. The van der Waals surface area contributed by atoms with Crippen molar-refractivity contribution < 1.29 is 28.5 Å². The Morgan fingerprint density at radius 3 is 2.81 bits per heavy atom. The second kappa shape index (κ2) is 7.09. The molecule has 6 heteroatoms. The third-order valence-corrected chi connectivity index (χ3v) is 11.0. The van der Waals surface area contributed by atoms with E-state index in [0.717, 1.165) is 32.1 Å². The molecule has 1 saturated carbocycles. The predicted octanol–water partition coefficient (Wildman–Crippen LogP) is 4.74. The highest BCUT2D eigenvalue weighted by molar-refractivity contribution is 5.98. The number of allylic oxidation sites excluding steroid dienone is 1. The smallest absolute Gasteiger partial charge is 0.305 e. The van der Waals surface area contributed by atoms with Crippen LogP contribution >= 0.6 is 0 Å². The summed E-state index contributed by atoms with van der Waals surface area (Å²) in [4.78, 5) is 24.9. The Morgan fingerprint density at radius 2 is 2.03 bits per heavy atom. The number of epoxide rings is 2. The summed E-state index contributed by atoms with van der Waals surface area (Å²) in [6.45, 7) is 9.83. The van der Waals surface area contributed by atoms with Gasteiger partial charge in [0, 0.05) is 19.3 Å². The largest absolute Gasteiger partial charge is 0.433 e. The van der Waals surface area contributed by atoms with E-state index in [0.29, 0.717) is 11.8 Å². The Balaban J connectivity index is 1.16. The number of carbonyl (C=O) groups is 2. The normalized spacial score (nSPS) is 48.5. The topological polar surface area (TPSA) is 77.7 Å². The highest BCUT2D eigenvalue weighted by Crippen LogP contribution is 2.69. The van der Waals surface area contributed by atoms with Crippen molar-refractivity contribution in [3.05, 3.63) is 47.0 Å². The van der Waals surface area contributed by atoms with Crippen LogP contribution < -0.4 is 0 Å². The average molecular weight is 493 g/mol. The van der Waals surface area contributed by atoms with Gasteiger partial charge >= 0.3 is 5.97 Å². The summed E-state index contributed by atoms with van der Waals surface area (Å²) < 4.78 is 24.2. The van der Waals surface area contributed by atoms with E-state index in [2.05, 4.69) is 39.0 Å². The maximum absolute atomic E-state index is 13.2. The highest BCUT2D eigenvalue weighted by Gasteiger charge is 2.76. The fourth-order valence-electron chi connectivity index (χ4n) is 8.46. The van der Waals surface area contributed by atoms with Gasteiger partial charge in [-0.15, -0.1) is 0 Å². The second-order valence-electron chi connectivity index (χ2n) is 12.7. The molecule has 6 aliphatic rings. The van der Waals surface area contributed by atoms with Crippen molar-refractivity contribution in [3.8, 4) is 0 Å². The summed E-state index contributed by atoms with van der Waals surface area (Å²) in [5, 5.41) is 0. The van der Waals surface area contributed by atoms with Gasteiger partial charge in [-0.05, 0) is 81.1 Å². The molecule has 0 N–H and O–H groups in total. The Hall–Kier alpha value is -2.02. The molecule has 3 heterocycles. The molecule has 4 fully saturated rings. The Labute approximate surface area is 212 Å². The second-order valence-corrected chi connectivity index (χ2v) is 12.7. The van der Waals surface area contributed by atoms with E-state index < -0.39 is 17.3 Å². The summed E-state index contributed by atoms with van der Waals surface area (Å²) in [6, 6.07) is 6.89. The minimum Gasteiger partial charge on any atom is -0.433 e. The van der Waals surface area contributed by atoms with Crippen LogP contribution in [0.4, 0.5) is 0 Å². The van der Waals surface area contributed by atoms with Crippen molar-refractivity contribution in [3.63, 3.8) is 0 Å². The molecule has 1 aromatic rings. The number of hydrogen-bond donors (Lipinski definition) is 0. The van der Waals surface area contributed by atoms with Crippen molar-refractivity contribution in [2.45, 2.75) is 114 Å². The van der Waals surface area contributed by atoms with E-state index in [1.807, 2.05) is 13.0 Å². The minimum absolute atomic E-state index is 0.106. The van der Waals surface area contributed by atoms with Gasteiger partial charge in [-0.2, -0.15) is 0 Å². The predicted molar refractivity (Wildman–Crippen MR) is 131 cm³/mol. The molecule has 0 amide bonds. The number of hydrogen-bond acceptors (Lipinski definition) is 6. The van der Waals surface area contributed by atoms with Crippen LogP contribution in [0.25, 0.3) is 0 Å². The fourth-order valence-corrected chi connectivity index (χ4v) is 8.46. The van der Waals surface area contributed by atoms with Crippen molar-refractivity contribution in [2.24, 2.45) is 11.3 Å². The van der Waals surface area contributed by atoms with Gasteiger partial charge in [0.05, 0.1) is 17.6 Å². The number of esters is 1. The molecule has 192 valence electrons. The van der Waals surface area contributed by atoms with Gasteiger partial charge in [-0.1, -0.05) is 31.2 Å². The molecule has 1 spiro atoms. The Kier molecular flexibility index (Phi) is 4.55. The summed E-state index contributed by atoms with van der Waals surface area (Å²) in [5.41, 5.74) is 2.40. The first-order chi connectivity index (χ1) is 17.0. The monoisotopic (exact) mass is 492 g/mol.